The highest BCUT2D eigenvalue weighted by molar-refractivity contribution is 6.11. The molecule has 0 bridgehead atoms. The third-order valence-corrected chi connectivity index (χ3v) is 6.25. The maximum atomic E-state index is 12.7. The predicted octanol–water partition coefficient (Wildman–Crippen LogP) is 5.66. The summed E-state index contributed by atoms with van der Waals surface area (Å²) in [5.74, 6) is -2.24. The molecule has 8 heteroatoms. The molecule has 0 aromatic heterocycles. The van der Waals surface area contributed by atoms with Gasteiger partial charge in [0.05, 0.1) is 24.3 Å². The number of hydrogen-bond acceptors (Lipinski definition) is 7. The lowest BCUT2D eigenvalue weighted by Crippen LogP contribution is -2.19. The third-order valence-electron chi connectivity index (χ3n) is 6.25. The molecule has 41 heavy (non-hydrogen) atoms. The first-order valence-electron chi connectivity index (χ1n) is 12.8. The van der Waals surface area contributed by atoms with Crippen LogP contribution in [0, 0.1) is 5.92 Å². The number of rotatable bonds is 12. The van der Waals surface area contributed by atoms with E-state index in [1.807, 2.05) is 0 Å². The number of carbonyl (C=O) groups is 3. The summed E-state index contributed by atoms with van der Waals surface area (Å²) in [6.07, 6.45) is 1.49. The highest BCUT2D eigenvalue weighted by Gasteiger charge is 2.17. The van der Waals surface area contributed by atoms with Crippen molar-refractivity contribution in [3.63, 3.8) is 0 Å². The van der Waals surface area contributed by atoms with E-state index in [1.54, 1.807) is 72.8 Å². The molecule has 0 spiro atoms. The van der Waals surface area contributed by atoms with Crippen molar-refractivity contribution in [2.24, 2.45) is 5.92 Å². The van der Waals surface area contributed by atoms with Gasteiger partial charge < -0.3 is 24.8 Å². The van der Waals surface area contributed by atoms with E-state index >= 15 is 0 Å². The second kappa shape index (κ2) is 13.1. The Morgan fingerprint density at radius 3 is 1.46 bits per heavy atom. The number of ketones is 2. The van der Waals surface area contributed by atoms with Crippen LogP contribution in [0.25, 0.3) is 0 Å². The quantitative estimate of drug-likeness (QED) is 0.152. The molecule has 0 saturated heterocycles. The molecule has 4 aromatic rings. The Morgan fingerprint density at radius 2 is 1.10 bits per heavy atom. The van der Waals surface area contributed by atoms with E-state index in [2.05, 4.69) is 0 Å². The summed E-state index contributed by atoms with van der Waals surface area (Å²) in [6, 6.07) is 25.8. The van der Waals surface area contributed by atoms with Crippen molar-refractivity contribution >= 4 is 17.5 Å². The zero-order chi connectivity index (χ0) is 29.4. The highest BCUT2D eigenvalue weighted by atomic mass is 16.5. The zero-order valence-electron chi connectivity index (χ0n) is 22.2. The fraction of sp³-hybridized carbons (Fsp3) is 0.121. The number of phenols is 2. The topological polar surface area (TPSA) is 130 Å². The fourth-order valence-corrected chi connectivity index (χ4v) is 4.05. The van der Waals surface area contributed by atoms with Crippen molar-refractivity contribution in [2.45, 2.75) is 6.92 Å². The Morgan fingerprint density at radius 1 is 0.683 bits per heavy atom. The van der Waals surface area contributed by atoms with Crippen LogP contribution >= 0.6 is 0 Å². The smallest absolute Gasteiger partial charge is 0.330 e. The molecular weight excluding hydrogens is 524 g/mol. The van der Waals surface area contributed by atoms with E-state index in [0.717, 1.165) is 0 Å². The van der Waals surface area contributed by atoms with E-state index in [4.69, 9.17) is 9.47 Å². The normalized spacial score (nSPS) is 11.2. The zero-order valence-corrected chi connectivity index (χ0v) is 22.2. The molecule has 0 radical (unpaired) electrons. The number of aliphatic carboxylic acids is 1. The van der Waals surface area contributed by atoms with E-state index in [1.165, 1.54) is 37.3 Å². The number of hydrogen-bond donors (Lipinski definition) is 3. The lowest BCUT2D eigenvalue weighted by Gasteiger charge is -2.17. The number of carboxylic acids is 1. The number of carboxylic acid groups (broad SMARTS) is 1. The number of carbonyl (C=O) groups excluding carboxylic acids is 2. The second-order valence-electron chi connectivity index (χ2n) is 9.29. The number of benzene rings is 4. The van der Waals surface area contributed by atoms with Crippen molar-refractivity contribution in [2.75, 3.05) is 13.2 Å². The van der Waals surface area contributed by atoms with E-state index in [-0.39, 0.29) is 64.5 Å². The molecule has 0 aliphatic heterocycles. The minimum Gasteiger partial charge on any atom is -0.507 e. The minimum absolute atomic E-state index is 0.00734. The van der Waals surface area contributed by atoms with Crippen LogP contribution in [0.15, 0.2) is 109 Å². The first kappa shape index (κ1) is 28.6. The van der Waals surface area contributed by atoms with Crippen molar-refractivity contribution in [1.82, 2.24) is 0 Å². The predicted molar refractivity (Wildman–Crippen MR) is 152 cm³/mol. The Hall–Kier alpha value is -5.37. The molecule has 8 nitrogen and oxygen atoms in total. The standard InChI is InChI=1S/C33H28O8/c1-21(33(38)39)16-22(19-40-25-12-14-27(29(34)17-25)31(36)23-8-4-2-5-9-23)20-41-26-13-15-28(30(35)18-26)32(37)24-10-6-3-7-11-24/h2-18,22,34-35H,19-20H2,1H3,(H,38,39). The molecule has 0 aliphatic carbocycles. The number of phenolic OH excluding ortho intramolecular Hbond substituents is 2. The number of aromatic hydroxyl groups is 2. The summed E-state index contributed by atoms with van der Waals surface area (Å²) in [6.45, 7) is 1.43. The van der Waals surface area contributed by atoms with E-state index < -0.39 is 11.9 Å². The minimum atomic E-state index is -1.10. The molecular formula is C33H28O8. The molecule has 0 aliphatic rings. The summed E-state index contributed by atoms with van der Waals surface area (Å²) in [4.78, 5) is 36.8. The first-order valence-corrected chi connectivity index (χ1v) is 12.8. The van der Waals surface area contributed by atoms with Crippen molar-refractivity contribution < 1.29 is 39.2 Å². The van der Waals surface area contributed by atoms with E-state index in [9.17, 15) is 29.7 Å². The summed E-state index contributed by atoms with van der Waals surface area (Å²) in [5, 5.41) is 30.3. The number of ether oxygens (including phenoxy) is 2. The van der Waals surface area contributed by atoms with Crippen LogP contribution in [0.2, 0.25) is 0 Å². The van der Waals surface area contributed by atoms with Gasteiger partial charge >= 0.3 is 5.97 Å². The first-order chi connectivity index (χ1) is 19.7. The Balaban J connectivity index is 1.44. The van der Waals surface area contributed by atoms with Crippen LogP contribution in [0.3, 0.4) is 0 Å². The van der Waals surface area contributed by atoms with Crippen LogP contribution in [0.5, 0.6) is 23.0 Å². The molecule has 0 unspecified atom stereocenters. The summed E-state index contributed by atoms with van der Waals surface area (Å²) >= 11 is 0. The molecule has 0 heterocycles. The Bertz CT molecular complexity index is 1470. The molecule has 208 valence electrons. The average Bonchev–Trinajstić information content (AvgIpc) is 2.98. The molecule has 4 rings (SSSR count). The van der Waals surface area contributed by atoms with Gasteiger partial charge in [0.15, 0.2) is 11.6 Å². The van der Waals surface area contributed by atoms with E-state index in [0.29, 0.717) is 11.1 Å². The molecule has 3 N–H and O–H groups in total. The van der Waals surface area contributed by atoms with Gasteiger partial charge in [0.25, 0.3) is 0 Å². The van der Waals surface area contributed by atoms with Gasteiger partial charge in [-0.25, -0.2) is 4.79 Å². The molecule has 4 aromatic carbocycles. The maximum Gasteiger partial charge on any atom is 0.330 e. The SMILES string of the molecule is CC(=CC(COc1ccc(C(=O)c2ccccc2)c(O)c1)COc1ccc(C(=O)c2ccccc2)c(O)c1)C(=O)O. The van der Waals surface area contributed by atoms with Crippen molar-refractivity contribution in [3.8, 4) is 23.0 Å². The summed E-state index contributed by atoms with van der Waals surface area (Å²) in [7, 11) is 0. The molecule has 0 fully saturated rings. The van der Waals surface area contributed by atoms with Gasteiger partial charge in [-0.05, 0) is 31.2 Å². The van der Waals surface area contributed by atoms with Gasteiger partial charge in [0.1, 0.15) is 23.0 Å². The van der Waals surface area contributed by atoms with Crippen LogP contribution in [0.1, 0.15) is 38.8 Å². The van der Waals surface area contributed by atoms with Gasteiger partial charge in [-0.15, -0.1) is 0 Å². The maximum absolute atomic E-state index is 12.7. The Labute approximate surface area is 236 Å². The van der Waals surface area contributed by atoms with Gasteiger partial charge in [0.2, 0.25) is 0 Å². The lowest BCUT2D eigenvalue weighted by atomic mass is 10.0. The van der Waals surface area contributed by atoms with Crippen molar-refractivity contribution in [3.05, 3.63) is 131 Å². The molecule has 0 amide bonds. The van der Waals surface area contributed by atoms with Crippen LogP contribution < -0.4 is 9.47 Å². The second-order valence-corrected chi connectivity index (χ2v) is 9.29. The molecule has 0 saturated carbocycles. The largest absolute Gasteiger partial charge is 0.507 e. The average molecular weight is 553 g/mol. The fourth-order valence-electron chi connectivity index (χ4n) is 4.05. The van der Waals surface area contributed by atoms with Crippen LogP contribution in [-0.4, -0.2) is 46.1 Å². The Kier molecular flexibility index (Phi) is 9.16. The third kappa shape index (κ3) is 7.39. The van der Waals surface area contributed by atoms with Crippen LogP contribution in [0.4, 0.5) is 0 Å². The highest BCUT2D eigenvalue weighted by Crippen LogP contribution is 2.28. The van der Waals surface area contributed by atoms with Gasteiger partial charge in [-0.3, -0.25) is 9.59 Å². The van der Waals surface area contributed by atoms with Gasteiger partial charge in [-0.2, -0.15) is 0 Å². The summed E-state index contributed by atoms with van der Waals surface area (Å²) in [5.41, 5.74) is 1.21. The molecule has 0 atom stereocenters. The van der Waals surface area contributed by atoms with Crippen LogP contribution in [-0.2, 0) is 4.79 Å². The monoisotopic (exact) mass is 552 g/mol. The lowest BCUT2D eigenvalue weighted by molar-refractivity contribution is -0.132. The van der Waals surface area contributed by atoms with Gasteiger partial charge in [-0.1, -0.05) is 66.7 Å². The van der Waals surface area contributed by atoms with Crippen molar-refractivity contribution in [1.29, 1.82) is 0 Å². The summed E-state index contributed by atoms with van der Waals surface area (Å²) < 4.78 is 11.6. The van der Waals surface area contributed by atoms with Gasteiger partial charge in [0, 0.05) is 34.8 Å².